The van der Waals surface area contributed by atoms with Crippen molar-refractivity contribution in [2.75, 3.05) is 5.32 Å². The largest absolute Gasteiger partial charge is 0.406 e. The SMILES string of the molecule is CC(=O)Oc1nn(C(C)=O)cc1CC(=O)Nc1ccnc(-c2cc(-c3ccon3)n(Cc3ccccc3F)n2)n1. The van der Waals surface area contributed by atoms with Crippen molar-refractivity contribution >= 4 is 23.6 Å². The summed E-state index contributed by atoms with van der Waals surface area (Å²) in [5.41, 5.74) is 2.04. The monoisotopic (exact) mass is 544 g/mol. The quantitative estimate of drug-likeness (QED) is 0.287. The fourth-order valence-electron chi connectivity index (χ4n) is 3.80. The van der Waals surface area contributed by atoms with Gasteiger partial charge in [0.25, 0.3) is 0 Å². The van der Waals surface area contributed by atoms with Crippen molar-refractivity contribution in [1.82, 2.24) is 34.7 Å². The number of benzene rings is 1. The summed E-state index contributed by atoms with van der Waals surface area (Å²) in [5.74, 6) is -1.71. The van der Waals surface area contributed by atoms with Gasteiger partial charge in [-0.3, -0.25) is 19.1 Å². The van der Waals surface area contributed by atoms with Gasteiger partial charge in [0.1, 0.15) is 29.3 Å². The van der Waals surface area contributed by atoms with Gasteiger partial charge in [0.05, 0.1) is 18.7 Å². The minimum absolute atomic E-state index is 0.115. The average Bonchev–Trinajstić information content (AvgIpc) is 3.66. The second-order valence-corrected chi connectivity index (χ2v) is 8.56. The van der Waals surface area contributed by atoms with Crippen molar-refractivity contribution in [3.63, 3.8) is 0 Å². The number of aromatic nitrogens is 7. The van der Waals surface area contributed by atoms with Gasteiger partial charge in [0, 0.05) is 43.4 Å². The van der Waals surface area contributed by atoms with Crippen LogP contribution in [0.1, 0.15) is 29.8 Å². The van der Waals surface area contributed by atoms with Crippen LogP contribution in [0.15, 0.2) is 65.6 Å². The molecular weight excluding hydrogens is 523 g/mol. The van der Waals surface area contributed by atoms with E-state index in [1.165, 1.54) is 44.6 Å². The van der Waals surface area contributed by atoms with Gasteiger partial charge >= 0.3 is 5.97 Å². The van der Waals surface area contributed by atoms with Crippen molar-refractivity contribution in [1.29, 1.82) is 0 Å². The van der Waals surface area contributed by atoms with E-state index in [1.54, 1.807) is 35.0 Å². The molecule has 40 heavy (non-hydrogen) atoms. The Bertz CT molecular complexity index is 1710. The van der Waals surface area contributed by atoms with Crippen LogP contribution in [0.2, 0.25) is 0 Å². The molecule has 1 amide bonds. The van der Waals surface area contributed by atoms with Crippen molar-refractivity contribution in [2.24, 2.45) is 0 Å². The highest BCUT2D eigenvalue weighted by Gasteiger charge is 2.20. The van der Waals surface area contributed by atoms with Gasteiger partial charge < -0.3 is 14.6 Å². The van der Waals surface area contributed by atoms with Crippen LogP contribution >= 0.6 is 0 Å². The third-order valence-electron chi connectivity index (χ3n) is 5.58. The number of nitrogens with one attached hydrogen (secondary N) is 1. The third-order valence-corrected chi connectivity index (χ3v) is 5.58. The Balaban J connectivity index is 1.39. The van der Waals surface area contributed by atoms with Crippen LogP contribution in [0.3, 0.4) is 0 Å². The second kappa shape index (κ2) is 11.1. The molecule has 202 valence electrons. The number of carbonyl (C=O) groups excluding carboxylic acids is 3. The molecule has 0 spiro atoms. The number of ether oxygens (including phenoxy) is 1. The zero-order valence-corrected chi connectivity index (χ0v) is 21.2. The van der Waals surface area contributed by atoms with Crippen molar-refractivity contribution in [2.45, 2.75) is 26.8 Å². The predicted molar refractivity (Wildman–Crippen MR) is 136 cm³/mol. The molecule has 13 nitrogen and oxygen atoms in total. The lowest BCUT2D eigenvalue weighted by molar-refractivity contribution is -0.132. The second-order valence-electron chi connectivity index (χ2n) is 8.56. The van der Waals surface area contributed by atoms with E-state index in [1.807, 2.05) is 0 Å². The van der Waals surface area contributed by atoms with Crippen LogP contribution in [0, 0.1) is 5.82 Å². The van der Waals surface area contributed by atoms with Crippen LogP contribution in [-0.2, 0) is 22.6 Å². The smallest absolute Gasteiger partial charge is 0.309 e. The standard InChI is InChI=1S/C26H21FN8O5/c1-15(36)34-14-18(26(32-34)40-16(2)37)11-24(38)29-23-7-9-28-25(30-23)21-12-22(20-8-10-39-33-20)35(31-21)13-17-5-3-4-6-19(17)27/h3-10,12,14H,11,13H2,1-2H3,(H,28,29,30,38). The van der Waals surface area contributed by atoms with Crippen molar-refractivity contribution in [3.8, 4) is 28.8 Å². The highest BCUT2D eigenvalue weighted by molar-refractivity contribution is 5.92. The van der Waals surface area contributed by atoms with Crippen LogP contribution < -0.4 is 10.1 Å². The van der Waals surface area contributed by atoms with Gasteiger partial charge in [-0.1, -0.05) is 23.4 Å². The Morgan fingerprint density at radius 1 is 1.05 bits per heavy atom. The van der Waals surface area contributed by atoms with Gasteiger partial charge in [-0.15, -0.1) is 5.10 Å². The summed E-state index contributed by atoms with van der Waals surface area (Å²) >= 11 is 0. The fourth-order valence-corrected chi connectivity index (χ4v) is 3.80. The number of esters is 1. The zero-order chi connectivity index (χ0) is 28.2. The molecule has 0 saturated carbocycles. The Morgan fingerprint density at radius 3 is 2.60 bits per heavy atom. The molecule has 14 heteroatoms. The lowest BCUT2D eigenvalue weighted by Gasteiger charge is -2.07. The van der Waals surface area contributed by atoms with E-state index in [4.69, 9.17) is 9.26 Å². The molecule has 5 rings (SSSR count). The van der Waals surface area contributed by atoms with Crippen molar-refractivity contribution < 1.29 is 28.0 Å². The number of halogens is 1. The number of hydrogen-bond acceptors (Lipinski definition) is 10. The molecule has 5 aromatic rings. The summed E-state index contributed by atoms with van der Waals surface area (Å²) in [7, 11) is 0. The number of carbonyl (C=O) groups is 3. The van der Waals surface area contributed by atoms with Crippen LogP contribution in [-0.4, -0.2) is 52.5 Å². The topological polar surface area (TPSA) is 160 Å². The van der Waals surface area contributed by atoms with Gasteiger partial charge in [0.15, 0.2) is 5.82 Å². The van der Waals surface area contributed by atoms with Gasteiger partial charge in [-0.25, -0.2) is 19.0 Å². The number of hydrogen-bond donors (Lipinski definition) is 1. The van der Waals surface area contributed by atoms with E-state index in [-0.39, 0.29) is 41.9 Å². The molecule has 0 unspecified atom stereocenters. The molecular formula is C26H21FN8O5. The maximum absolute atomic E-state index is 14.4. The molecule has 1 aromatic carbocycles. The van der Waals surface area contributed by atoms with Crippen LogP contribution in [0.5, 0.6) is 5.88 Å². The molecule has 0 bridgehead atoms. The highest BCUT2D eigenvalue weighted by atomic mass is 19.1. The van der Waals surface area contributed by atoms with Crippen molar-refractivity contribution in [3.05, 3.63) is 78.1 Å². The summed E-state index contributed by atoms with van der Waals surface area (Å²) < 4.78 is 26.9. The van der Waals surface area contributed by atoms with E-state index >= 15 is 0 Å². The zero-order valence-electron chi connectivity index (χ0n) is 21.2. The van der Waals surface area contributed by atoms with E-state index in [2.05, 4.69) is 30.6 Å². The highest BCUT2D eigenvalue weighted by Crippen LogP contribution is 2.25. The van der Waals surface area contributed by atoms with E-state index in [0.29, 0.717) is 22.6 Å². The summed E-state index contributed by atoms with van der Waals surface area (Å²) in [5, 5.41) is 15.1. The average molecular weight is 545 g/mol. The Hall–Kier alpha value is -5.53. The Labute approximate surface area is 225 Å². The van der Waals surface area contributed by atoms with Gasteiger partial charge in [0.2, 0.25) is 17.7 Å². The molecule has 4 aromatic heterocycles. The molecule has 0 aliphatic heterocycles. The maximum atomic E-state index is 14.4. The van der Waals surface area contributed by atoms with Crippen LogP contribution in [0.4, 0.5) is 10.2 Å². The fraction of sp³-hybridized carbons (Fsp3) is 0.154. The molecule has 0 atom stereocenters. The molecule has 0 fully saturated rings. The maximum Gasteiger partial charge on any atom is 0.309 e. The number of amides is 1. The molecule has 0 aliphatic carbocycles. The lowest BCUT2D eigenvalue weighted by atomic mass is 10.2. The summed E-state index contributed by atoms with van der Waals surface area (Å²) in [6.45, 7) is 2.58. The summed E-state index contributed by atoms with van der Waals surface area (Å²) in [4.78, 5) is 44.5. The molecule has 0 aliphatic rings. The van der Waals surface area contributed by atoms with Crippen LogP contribution in [0.25, 0.3) is 22.9 Å². The molecule has 0 saturated heterocycles. The minimum atomic E-state index is -0.643. The first kappa shape index (κ1) is 26.1. The van der Waals surface area contributed by atoms with Gasteiger partial charge in [-0.2, -0.15) is 5.10 Å². The molecule has 1 N–H and O–H groups in total. The Morgan fingerprint density at radius 2 is 1.88 bits per heavy atom. The summed E-state index contributed by atoms with van der Waals surface area (Å²) in [6.07, 6.45) is 3.93. The Kier molecular flexibility index (Phi) is 7.22. The first-order chi connectivity index (χ1) is 19.3. The number of nitrogens with zero attached hydrogens (tertiary/aromatic N) is 7. The first-order valence-electron chi connectivity index (χ1n) is 11.9. The van der Waals surface area contributed by atoms with E-state index in [9.17, 15) is 18.8 Å². The van der Waals surface area contributed by atoms with Gasteiger partial charge in [-0.05, 0) is 18.2 Å². The summed E-state index contributed by atoms with van der Waals surface area (Å²) in [6, 6.07) is 11.2. The normalized spacial score (nSPS) is 10.9. The first-order valence-corrected chi connectivity index (χ1v) is 11.9. The van der Waals surface area contributed by atoms with E-state index in [0.717, 1.165) is 4.68 Å². The molecule has 0 radical (unpaired) electrons. The predicted octanol–water partition coefficient (Wildman–Crippen LogP) is 3.15. The third kappa shape index (κ3) is 5.80. The van der Waals surface area contributed by atoms with E-state index < -0.39 is 17.8 Å². The lowest BCUT2D eigenvalue weighted by Crippen LogP contribution is -2.16. The number of rotatable bonds is 8. The molecule has 4 heterocycles. The minimum Gasteiger partial charge on any atom is -0.406 e. The number of anilines is 1.